The number of ether oxygens (including phenoxy) is 2. The lowest BCUT2D eigenvalue weighted by molar-refractivity contribution is 0.0946. The number of piperidine rings is 1. The van der Waals surface area contributed by atoms with Gasteiger partial charge in [-0.15, -0.1) is 0 Å². The number of nitrogens with two attached hydrogens (primary N) is 1. The van der Waals surface area contributed by atoms with E-state index in [2.05, 4.69) is 10.4 Å². The SMILES string of the molecule is C/C=N/N1CCC(Oc2ccc(C(=O)NCCOc3cc(C(=N)N)ccc3CCOP(=O)(OCC)OCC)cc2)CC1. The number of hydrogen-bond donors (Lipinski definition) is 3. The molecule has 0 atom stereocenters. The van der Waals surface area contributed by atoms with Crippen molar-refractivity contribution in [1.82, 2.24) is 10.3 Å². The molecule has 1 aliphatic heterocycles. The van der Waals surface area contributed by atoms with Gasteiger partial charge in [0.1, 0.15) is 30.0 Å². The third kappa shape index (κ3) is 10.4. The molecule has 1 fully saturated rings. The van der Waals surface area contributed by atoms with E-state index in [0.29, 0.717) is 23.3 Å². The summed E-state index contributed by atoms with van der Waals surface area (Å²) < 4.78 is 40.3. The van der Waals surface area contributed by atoms with Crippen LogP contribution in [0.5, 0.6) is 11.5 Å². The lowest BCUT2D eigenvalue weighted by Crippen LogP contribution is -2.35. The second kappa shape index (κ2) is 16.9. The zero-order chi connectivity index (χ0) is 30.4. The smallest absolute Gasteiger partial charge is 0.474 e. The second-order valence-corrected chi connectivity index (χ2v) is 11.0. The molecule has 1 amide bonds. The molecule has 1 heterocycles. The van der Waals surface area contributed by atoms with Crippen LogP contribution >= 0.6 is 7.82 Å². The highest BCUT2D eigenvalue weighted by Gasteiger charge is 2.25. The molecule has 0 aromatic heterocycles. The second-order valence-electron chi connectivity index (χ2n) is 9.38. The fourth-order valence-electron chi connectivity index (χ4n) is 4.30. The average molecular weight is 604 g/mol. The molecular formula is C29H42N5O7P. The maximum Gasteiger partial charge on any atom is 0.474 e. The highest BCUT2D eigenvalue weighted by molar-refractivity contribution is 7.48. The van der Waals surface area contributed by atoms with Crippen LogP contribution in [0.3, 0.4) is 0 Å². The zero-order valence-electron chi connectivity index (χ0n) is 24.5. The molecule has 2 aromatic rings. The lowest BCUT2D eigenvalue weighted by atomic mass is 10.1. The van der Waals surface area contributed by atoms with E-state index < -0.39 is 7.82 Å². The van der Waals surface area contributed by atoms with Gasteiger partial charge in [0.25, 0.3) is 5.91 Å². The predicted octanol–water partition coefficient (Wildman–Crippen LogP) is 4.37. The average Bonchev–Trinajstić information content (AvgIpc) is 2.97. The van der Waals surface area contributed by atoms with E-state index in [1.165, 1.54) is 0 Å². The van der Waals surface area contributed by atoms with Crippen LogP contribution in [-0.2, 0) is 24.6 Å². The number of rotatable bonds is 17. The van der Waals surface area contributed by atoms with Crippen LogP contribution < -0.4 is 20.5 Å². The molecule has 0 spiro atoms. The quantitative estimate of drug-likeness (QED) is 0.103. The van der Waals surface area contributed by atoms with Crippen LogP contribution in [0.4, 0.5) is 0 Å². The molecule has 0 aliphatic carbocycles. The normalized spacial score (nSPS) is 14.2. The maximum atomic E-state index is 12.7. The molecule has 0 radical (unpaired) electrons. The largest absolute Gasteiger partial charge is 0.491 e. The number of phosphoric acid groups is 1. The minimum absolute atomic E-state index is 0.0656. The summed E-state index contributed by atoms with van der Waals surface area (Å²) in [6, 6.07) is 12.2. The van der Waals surface area contributed by atoms with Gasteiger partial charge in [-0.3, -0.25) is 28.8 Å². The molecule has 42 heavy (non-hydrogen) atoms. The summed E-state index contributed by atoms with van der Waals surface area (Å²) in [5.41, 5.74) is 7.42. The highest BCUT2D eigenvalue weighted by atomic mass is 31.2. The first-order valence-corrected chi connectivity index (χ1v) is 15.6. The van der Waals surface area contributed by atoms with Crippen LogP contribution in [0.2, 0.25) is 0 Å². The van der Waals surface area contributed by atoms with Gasteiger partial charge in [-0.05, 0) is 56.7 Å². The van der Waals surface area contributed by atoms with Crippen molar-refractivity contribution in [3.05, 3.63) is 59.2 Å². The number of hydrazone groups is 1. The van der Waals surface area contributed by atoms with Crippen LogP contribution in [0, 0.1) is 5.41 Å². The number of amides is 1. The van der Waals surface area contributed by atoms with E-state index in [1.807, 2.05) is 11.9 Å². The van der Waals surface area contributed by atoms with E-state index in [-0.39, 0.29) is 50.8 Å². The van der Waals surface area contributed by atoms with Crippen molar-refractivity contribution in [2.24, 2.45) is 10.8 Å². The first-order chi connectivity index (χ1) is 20.3. The Morgan fingerprint density at radius 2 is 1.74 bits per heavy atom. The van der Waals surface area contributed by atoms with Crippen LogP contribution in [0.15, 0.2) is 47.6 Å². The van der Waals surface area contributed by atoms with Gasteiger partial charge < -0.3 is 20.5 Å². The van der Waals surface area contributed by atoms with Crippen molar-refractivity contribution in [2.45, 2.75) is 46.1 Å². The number of benzene rings is 2. The first kappa shape index (κ1) is 33.1. The van der Waals surface area contributed by atoms with Crippen molar-refractivity contribution < 1.29 is 32.4 Å². The molecule has 230 valence electrons. The maximum absolute atomic E-state index is 12.7. The third-order valence-electron chi connectivity index (χ3n) is 6.33. The zero-order valence-corrected chi connectivity index (χ0v) is 25.4. The summed E-state index contributed by atoms with van der Waals surface area (Å²) in [6.45, 7) is 7.92. The molecule has 2 aromatic carbocycles. The van der Waals surface area contributed by atoms with Crippen molar-refractivity contribution in [3.8, 4) is 11.5 Å². The Bertz CT molecular complexity index is 1220. The number of carbonyl (C=O) groups excluding carboxylic acids is 1. The van der Waals surface area contributed by atoms with Gasteiger partial charge in [0.2, 0.25) is 0 Å². The van der Waals surface area contributed by atoms with Crippen LogP contribution in [0.25, 0.3) is 0 Å². The molecule has 3 rings (SSSR count). The van der Waals surface area contributed by atoms with Crippen molar-refractivity contribution in [1.29, 1.82) is 5.41 Å². The standard InChI is InChI=1S/C29H42N5O7P/c1-4-33-34-17-13-26(14-18-34)41-25-11-9-23(10-12-25)29(35)32-16-20-37-27-21-24(28(30)31)8-7-22(27)15-19-40-42(36,38-5-2)39-6-3/h4,7-12,21,26H,5-6,13-20H2,1-3H3,(H3,30,31)(H,32,35)/b33-4+. The Hall–Kier alpha value is -3.44. The number of nitrogen functional groups attached to an aromatic ring is 1. The Labute approximate surface area is 247 Å². The summed E-state index contributed by atoms with van der Waals surface area (Å²) in [5.74, 6) is 0.881. The molecule has 13 heteroatoms. The number of nitrogens with zero attached hydrogens (tertiary/aromatic N) is 2. The Kier molecular flexibility index (Phi) is 13.3. The van der Waals surface area contributed by atoms with E-state index in [4.69, 9.17) is 34.2 Å². The number of hydrogen-bond acceptors (Lipinski definition) is 10. The summed E-state index contributed by atoms with van der Waals surface area (Å²) in [5, 5.41) is 16.9. The Morgan fingerprint density at radius 1 is 1.07 bits per heavy atom. The minimum atomic E-state index is -3.64. The molecule has 12 nitrogen and oxygen atoms in total. The molecule has 4 N–H and O–H groups in total. The third-order valence-corrected chi connectivity index (χ3v) is 7.98. The van der Waals surface area contributed by atoms with Gasteiger partial charge in [-0.1, -0.05) is 12.1 Å². The molecule has 0 unspecified atom stereocenters. The molecular weight excluding hydrogens is 561 g/mol. The van der Waals surface area contributed by atoms with Crippen molar-refractivity contribution >= 4 is 25.8 Å². The summed E-state index contributed by atoms with van der Waals surface area (Å²) >= 11 is 0. The number of amidine groups is 1. The molecule has 1 saturated heterocycles. The van der Waals surface area contributed by atoms with Crippen LogP contribution in [0.1, 0.15) is 55.1 Å². The van der Waals surface area contributed by atoms with E-state index >= 15 is 0 Å². The number of nitrogens with one attached hydrogen (secondary N) is 2. The minimum Gasteiger partial charge on any atom is -0.491 e. The topological polar surface area (TPSA) is 158 Å². The Morgan fingerprint density at radius 3 is 2.36 bits per heavy atom. The van der Waals surface area contributed by atoms with Gasteiger partial charge in [0.05, 0.1) is 26.4 Å². The predicted molar refractivity (Wildman–Crippen MR) is 162 cm³/mol. The monoisotopic (exact) mass is 603 g/mol. The van der Waals surface area contributed by atoms with Gasteiger partial charge in [-0.25, -0.2) is 4.57 Å². The molecule has 1 aliphatic rings. The first-order valence-electron chi connectivity index (χ1n) is 14.2. The van der Waals surface area contributed by atoms with Gasteiger partial charge in [0.15, 0.2) is 0 Å². The summed E-state index contributed by atoms with van der Waals surface area (Å²) in [6.07, 6.45) is 4.06. The summed E-state index contributed by atoms with van der Waals surface area (Å²) in [7, 11) is -3.64. The highest BCUT2D eigenvalue weighted by Crippen LogP contribution is 2.49. The fraction of sp³-hybridized carbons (Fsp3) is 0.483. The van der Waals surface area contributed by atoms with Gasteiger partial charge in [0, 0.05) is 49.7 Å². The lowest BCUT2D eigenvalue weighted by Gasteiger charge is -2.30. The number of phosphoric ester groups is 1. The number of carbonyl (C=O) groups is 1. The van der Waals surface area contributed by atoms with Crippen molar-refractivity contribution in [3.63, 3.8) is 0 Å². The summed E-state index contributed by atoms with van der Waals surface area (Å²) in [4.78, 5) is 12.7. The van der Waals surface area contributed by atoms with E-state index in [1.54, 1.807) is 62.5 Å². The van der Waals surface area contributed by atoms with Gasteiger partial charge in [-0.2, -0.15) is 5.10 Å². The van der Waals surface area contributed by atoms with Crippen molar-refractivity contribution in [2.75, 3.05) is 46.1 Å². The van der Waals surface area contributed by atoms with Crippen LogP contribution in [-0.4, -0.2) is 75.1 Å². The molecule has 0 saturated carbocycles. The van der Waals surface area contributed by atoms with E-state index in [9.17, 15) is 9.36 Å². The fourth-order valence-corrected chi connectivity index (χ4v) is 5.47. The van der Waals surface area contributed by atoms with Gasteiger partial charge >= 0.3 is 7.82 Å². The molecule has 0 bridgehead atoms. The Balaban J connectivity index is 1.49. The van der Waals surface area contributed by atoms with E-state index in [0.717, 1.165) is 37.2 Å².